The van der Waals surface area contributed by atoms with Gasteiger partial charge in [-0.05, 0) is 6.07 Å². The number of nitrogens with two attached hydrogens (primary N) is 1. The molecule has 2 heterocycles. The Morgan fingerprint density at radius 1 is 1.53 bits per heavy atom. The molecule has 0 atom stereocenters. The number of rotatable bonds is 6. The van der Waals surface area contributed by atoms with Gasteiger partial charge in [0.15, 0.2) is 0 Å². The standard InChI is InChI=1S/C11H16N4O2S2/c1-15-8-10(6-9(15)7-12)19(16,17)14-3-2-11-13-4-5-18-11/h4-6,8,14H,2-3,7,12H2,1H3. The lowest BCUT2D eigenvalue weighted by Gasteiger charge is -2.03. The van der Waals surface area contributed by atoms with Gasteiger partial charge in [-0.15, -0.1) is 11.3 Å². The fourth-order valence-electron chi connectivity index (χ4n) is 1.68. The van der Waals surface area contributed by atoms with E-state index in [2.05, 4.69) is 9.71 Å². The fourth-order valence-corrected chi connectivity index (χ4v) is 3.43. The lowest BCUT2D eigenvalue weighted by Crippen LogP contribution is -2.25. The zero-order valence-corrected chi connectivity index (χ0v) is 12.2. The van der Waals surface area contributed by atoms with Gasteiger partial charge in [0.05, 0.1) is 9.90 Å². The highest BCUT2D eigenvalue weighted by atomic mass is 32.2. The van der Waals surface area contributed by atoms with Gasteiger partial charge in [-0.3, -0.25) is 0 Å². The molecule has 0 saturated heterocycles. The number of aromatic nitrogens is 2. The van der Waals surface area contributed by atoms with Crippen LogP contribution in [0.1, 0.15) is 10.7 Å². The number of hydrogen-bond acceptors (Lipinski definition) is 5. The van der Waals surface area contributed by atoms with Crippen LogP contribution in [0.3, 0.4) is 0 Å². The molecular weight excluding hydrogens is 284 g/mol. The molecule has 6 nitrogen and oxygen atoms in total. The number of nitrogens with zero attached hydrogens (tertiary/aromatic N) is 2. The third-order valence-corrected chi connectivity index (χ3v) is 4.98. The Bertz CT molecular complexity index is 632. The van der Waals surface area contributed by atoms with Crippen LogP contribution in [0.4, 0.5) is 0 Å². The lowest BCUT2D eigenvalue weighted by molar-refractivity contribution is 0.581. The first-order valence-corrected chi connectivity index (χ1v) is 8.12. The van der Waals surface area contributed by atoms with Crippen molar-refractivity contribution < 1.29 is 8.42 Å². The highest BCUT2D eigenvalue weighted by Crippen LogP contribution is 2.13. The minimum Gasteiger partial charge on any atom is -0.352 e. The largest absolute Gasteiger partial charge is 0.352 e. The molecule has 0 bridgehead atoms. The molecular formula is C11H16N4O2S2. The first-order valence-electron chi connectivity index (χ1n) is 5.76. The highest BCUT2D eigenvalue weighted by molar-refractivity contribution is 7.89. The maximum atomic E-state index is 12.1. The van der Waals surface area contributed by atoms with Crippen LogP contribution in [0.2, 0.25) is 0 Å². The number of nitrogens with one attached hydrogen (secondary N) is 1. The molecule has 104 valence electrons. The van der Waals surface area contributed by atoms with Gasteiger partial charge in [0, 0.05) is 50.0 Å². The number of hydrogen-bond donors (Lipinski definition) is 2. The summed E-state index contributed by atoms with van der Waals surface area (Å²) in [6, 6.07) is 1.59. The molecule has 0 aromatic carbocycles. The van der Waals surface area contributed by atoms with Gasteiger partial charge < -0.3 is 10.3 Å². The summed E-state index contributed by atoms with van der Waals surface area (Å²) in [5, 5.41) is 2.78. The molecule has 0 aliphatic heterocycles. The number of thiazole rings is 1. The molecule has 0 spiro atoms. The van der Waals surface area contributed by atoms with E-state index in [1.807, 2.05) is 5.38 Å². The van der Waals surface area contributed by atoms with Gasteiger partial charge in [0.1, 0.15) is 0 Å². The second kappa shape index (κ2) is 5.83. The molecule has 0 fully saturated rings. The second-order valence-corrected chi connectivity index (χ2v) is 6.80. The summed E-state index contributed by atoms with van der Waals surface area (Å²) in [5.41, 5.74) is 6.31. The van der Waals surface area contributed by atoms with Crippen molar-refractivity contribution in [2.24, 2.45) is 12.8 Å². The minimum atomic E-state index is -3.47. The van der Waals surface area contributed by atoms with Gasteiger partial charge in [-0.25, -0.2) is 18.1 Å². The Labute approximate surface area is 116 Å². The molecule has 0 aliphatic rings. The molecule has 3 N–H and O–H groups in total. The quantitative estimate of drug-likeness (QED) is 0.811. The van der Waals surface area contributed by atoms with Crippen molar-refractivity contribution in [3.05, 3.63) is 34.5 Å². The maximum Gasteiger partial charge on any atom is 0.242 e. The van der Waals surface area contributed by atoms with E-state index in [-0.39, 0.29) is 4.90 Å². The van der Waals surface area contributed by atoms with E-state index in [1.54, 1.807) is 30.1 Å². The van der Waals surface area contributed by atoms with Crippen molar-refractivity contribution in [2.45, 2.75) is 17.9 Å². The van der Waals surface area contributed by atoms with Crippen LogP contribution in [-0.2, 0) is 30.0 Å². The lowest BCUT2D eigenvalue weighted by atomic mass is 10.4. The van der Waals surface area contributed by atoms with Crippen LogP contribution < -0.4 is 10.5 Å². The predicted octanol–water partition coefficient (Wildman–Crippen LogP) is 0.461. The van der Waals surface area contributed by atoms with E-state index in [1.165, 1.54) is 11.3 Å². The Morgan fingerprint density at radius 2 is 2.32 bits per heavy atom. The molecule has 0 unspecified atom stereocenters. The molecule has 0 radical (unpaired) electrons. The van der Waals surface area contributed by atoms with E-state index >= 15 is 0 Å². The maximum absolute atomic E-state index is 12.1. The van der Waals surface area contributed by atoms with Gasteiger partial charge in [0.2, 0.25) is 10.0 Å². The molecule has 2 aromatic rings. The van der Waals surface area contributed by atoms with Gasteiger partial charge in [-0.1, -0.05) is 0 Å². The third kappa shape index (κ3) is 3.41. The predicted molar refractivity (Wildman–Crippen MR) is 74.3 cm³/mol. The normalized spacial score (nSPS) is 11.9. The molecule has 19 heavy (non-hydrogen) atoms. The van der Waals surface area contributed by atoms with Crippen LogP contribution in [-0.4, -0.2) is 24.5 Å². The topological polar surface area (TPSA) is 90.0 Å². The Balaban J connectivity index is 2.01. The Kier molecular flexibility index (Phi) is 4.35. The molecule has 0 saturated carbocycles. The molecule has 2 rings (SSSR count). The molecule has 8 heteroatoms. The average molecular weight is 300 g/mol. The van der Waals surface area contributed by atoms with Crippen molar-refractivity contribution >= 4 is 21.4 Å². The summed E-state index contributed by atoms with van der Waals surface area (Å²) in [7, 11) is -1.70. The summed E-state index contributed by atoms with van der Waals surface area (Å²) >= 11 is 1.51. The van der Waals surface area contributed by atoms with Gasteiger partial charge >= 0.3 is 0 Å². The summed E-state index contributed by atoms with van der Waals surface area (Å²) in [6.45, 7) is 0.647. The zero-order valence-electron chi connectivity index (χ0n) is 10.5. The van der Waals surface area contributed by atoms with E-state index in [9.17, 15) is 8.42 Å². The summed E-state index contributed by atoms with van der Waals surface area (Å²) in [5.74, 6) is 0. The summed E-state index contributed by atoms with van der Waals surface area (Å²) < 4.78 is 28.4. The number of aryl methyl sites for hydroxylation is 1. The first kappa shape index (κ1) is 14.2. The zero-order chi connectivity index (χ0) is 13.9. The SMILES string of the molecule is Cn1cc(S(=O)(=O)NCCc2nccs2)cc1CN. The molecule has 2 aromatic heterocycles. The Morgan fingerprint density at radius 3 is 2.89 bits per heavy atom. The van der Waals surface area contributed by atoms with Crippen molar-refractivity contribution in [2.75, 3.05) is 6.54 Å². The van der Waals surface area contributed by atoms with E-state index < -0.39 is 10.0 Å². The van der Waals surface area contributed by atoms with Crippen molar-refractivity contribution in [1.82, 2.24) is 14.3 Å². The third-order valence-electron chi connectivity index (χ3n) is 2.72. The van der Waals surface area contributed by atoms with Crippen LogP contribution >= 0.6 is 11.3 Å². The molecule has 0 amide bonds. The van der Waals surface area contributed by atoms with Crippen LogP contribution in [0, 0.1) is 0 Å². The van der Waals surface area contributed by atoms with Crippen molar-refractivity contribution in [1.29, 1.82) is 0 Å². The van der Waals surface area contributed by atoms with E-state index in [0.29, 0.717) is 19.5 Å². The first-order chi connectivity index (χ1) is 9.03. The number of sulfonamides is 1. The van der Waals surface area contributed by atoms with Gasteiger partial charge in [0.25, 0.3) is 0 Å². The minimum absolute atomic E-state index is 0.245. The average Bonchev–Trinajstić information content (AvgIpc) is 2.98. The van der Waals surface area contributed by atoms with Crippen LogP contribution in [0.15, 0.2) is 28.7 Å². The van der Waals surface area contributed by atoms with E-state index in [0.717, 1.165) is 10.7 Å². The second-order valence-electron chi connectivity index (χ2n) is 4.06. The van der Waals surface area contributed by atoms with Crippen molar-refractivity contribution in [3.8, 4) is 0 Å². The van der Waals surface area contributed by atoms with Crippen LogP contribution in [0.5, 0.6) is 0 Å². The fraction of sp³-hybridized carbons (Fsp3) is 0.364. The summed E-state index contributed by atoms with van der Waals surface area (Å²) in [6.07, 6.45) is 3.86. The monoisotopic (exact) mass is 300 g/mol. The Hall–Kier alpha value is -1.22. The summed E-state index contributed by atoms with van der Waals surface area (Å²) in [4.78, 5) is 4.35. The highest BCUT2D eigenvalue weighted by Gasteiger charge is 2.16. The molecule has 0 aliphatic carbocycles. The van der Waals surface area contributed by atoms with E-state index in [4.69, 9.17) is 5.73 Å². The van der Waals surface area contributed by atoms with Gasteiger partial charge in [-0.2, -0.15) is 0 Å². The van der Waals surface area contributed by atoms with Crippen molar-refractivity contribution in [3.63, 3.8) is 0 Å². The van der Waals surface area contributed by atoms with Crippen LogP contribution in [0.25, 0.3) is 0 Å². The smallest absolute Gasteiger partial charge is 0.242 e.